The maximum absolute atomic E-state index is 12.9. The first kappa shape index (κ1) is 17.3. The van der Waals surface area contributed by atoms with Gasteiger partial charge in [0, 0.05) is 31.3 Å². The number of nitrogens with zero attached hydrogens (tertiary/aromatic N) is 5. The summed E-state index contributed by atoms with van der Waals surface area (Å²) in [7, 11) is 0. The average molecular weight is 376 g/mol. The molecule has 7 heteroatoms. The Kier molecular flexibility index (Phi) is 4.52. The van der Waals surface area contributed by atoms with Crippen molar-refractivity contribution < 1.29 is 4.79 Å². The second kappa shape index (κ2) is 7.31. The number of piperidine rings is 1. The maximum Gasteiger partial charge on any atom is 0.242 e. The minimum atomic E-state index is 0.104. The van der Waals surface area contributed by atoms with Gasteiger partial charge in [0.15, 0.2) is 0 Å². The van der Waals surface area contributed by atoms with Crippen molar-refractivity contribution in [2.75, 3.05) is 13.1 Å². The first-order valence-corrected chi connectivity index (χ1v) is 10.0. The third-order valence-electron chi connectivity index (χ3n) is 5.76. The summed E-state index contributed by atoms with van der Waals surface area (Å²) in [6.07, 6.45) is 8.00. The van der Waals surface area contributed by atoms with E-state index in [0.717, 1.165) is 47.5 Å². The molecule has 28 heavy (non-hydrogen) atoms. The van der Waals surface area contributed by atoms with Crippen LogP contribution in [-0.4, -0.2) is 43.4 Å². The molecule has 0 bridgehead atoms. The molecule has 1 atom stereocenters. The topological polar surface area (TPSA) is 75.9 Å². The quantitative estimate of drug-likeness (QED) is 0.759. The van der Waals surface area contributed by atoms with Gasteiger partial charge in [-0.3, -0.25) is 4.79 Å². The number of aromatic nitrogens is 4. The Labute approximate surface area is 163 Å². The molecule has 0 saturated carbocycles. The Hall–Kier alpha value is -2.80. The van der Waals surface area contributed by atoms with Gasteiger partial charge in [-0.1, -0.05) is 18.6 Å². The van der Waals surface area contributed by atoms with Crippen LogP contribution in [0.5, 0.6) is 0 Å². The molecule has 5 rings (SSSR count). The zero-order valence-corrected chi connectivity index (χ0v) is 15.8. The van der Waals surface area contributed by atoms with Crippen molar-refractivity contribution in [2.24, 2.45) is 0 Å². The van der Waals surface area contributed by atoms with Gasteiger partial charge in [0.2, 0.25) is 5.91 Å². The van der Waals surface area contributed by atoms with Crippen LogP contribution in [0.3, 0.4) is 0 Å². The number of carbonyl (C=O) groups excluding carboxylic acids is 1. The summed E-state index contributed by atoms with van der Waals surface area (Å²) in [6.45, 7) is 2.63. The number of amides is 1. The highest BCUT2D eigenvalue weighted by Gasteiger charge is 2.25. The fraction of sp³-hybridized carbons (Fsp3) is 0.429. The summed E-state index contributed by atoms with van der Waals surface area (Å²) in [5, 5.41) is 3.51. The molecular formula is C21H24N6O. The summed E-state index contributed by atoms with van der Waals surface area (Å²) in [5.41, 5.74) is 4.06. The van der Waals surface area contributed by atoms with Gasteiger partial charge in [-0.25, -0.2) is 15.0 Å². The molecule has 0 aliphatic carbocycles. The molecular weight excluding hydrogens is 352 g/mol. The standard InChI is InChI=1S/C21H24N6O/c28-20(13-27-14-24-17-5-1-2-7-19(17)27)26-10-8-16-15(12-26)11-23-21(25-16)18-6-3-4-9-22-18/h1-2,5,7,11,14,18,22H,3-4,6,8-10,12-13H2. The molecule has 3 aromatic rings. The Bertz CT molecular complexity index is 1010. The van der Waals surface area contributed by atoms with Gasteiger partial charge in [0.1, 0.15) is 12.4 Å². The van der Waals surface area contributed by atoms with Crippen LogP contribution in [0.2, 0.25) is 0 Å². The predicted octanol–water partition coefficient (Wildman–Crippen LogP) is 2.23. The van der Waals surface area contributed by atoms with E-state index in [4.69, 9.17) is 4.98 Å². The van der Waals surface area contributed by atoms with Gasteiger partial charge in [-0.15, -0.1) is 0 Å². The molecule has 1 saturated heterocycles. The highest BCUT2D eigenvalue weighted by molar-refractivity contribution is 5.80. The molecule has 2 aliphatic rings. The Morgan fingerprint density at radius 3 is 3.04 bits per heavy atom. The second-order valence-corrected chi connectivity index (χ2v) is 7.63. The smallest absolute Gasteiger partial charge is 0.242 e. The zero-order chi connectivity index (χ0) is 18.9. The van der Waals surface area contributed by atoms with Crippen molar-refractivity contribution >= 4 is 16.9 Å². The van der Waals surface area contributed by atoms with Gasteiger partial charge in [-0.05, 0) is 31.5 Å². The Balaban J connectivity index is 1.29. The van der Waals surface area contributed by atoms with Gasteiger partial charge < -0.3 is 14.8 Å². The maximum atomic E-state index is 12.9. The molecule has 1 N–H and O–H groups in total. The van der Waals surface area contributed by atoms with Crippen molar-refractivity contribution in [3.8, 4) is 0 Å². The third kappa shape index (κ3) is 3.26. The third-order valence-corrected chi connectivity index (χ3v) is 5.76. The average Bonchev–Trinajstić information content (AvgIpc) is 3.16. The normalized spacial score (nSPS) is 19.6. The van der Waals surface area contributed by atoms with Crippen LogP contribution in [0.25, 0.3) is 11.0 Å². The molecule has 1 amide bonds. The molecule has 4 heterocycles. The van der Waals surface area contributed by atoms with Crippen molar-refractivity contribution in [3.63, 3.8) is 0 Å². The molecule has 1 aromatic carbocycles. The van der Waals surface area contributed by atoms with Crippen LogP contribution in [0, 0.1) is 0 Å². The summed E-state index contributed by atoms with van der Waals surface area (Å²) < 4.78 is 1.92. The number of imidazole rings is 1. The first-order chi connectivity index (χ1) is 13.8. The zero-order valence-electron chi connectivity index (χ0n) is 15.8. The summed E-state index contributed by atoms with van der Waals surface area (Å²) in [4.78, 5) is 28.6. The monoisotopic (exact) mass is 376 g/mol. The lowest BCUT2D eigenvalue weighted by molar-refractivity contribution is -0.132. The van der Waals surface area contributed by atoms with E-state index in [9.17, 15) is 4.79 Å². The highest BCUT2D eigenvalue weighted by atomic mass is 16.2. The molecule has 7 nitrogen and oxygen atoms in total. The largest absolute Gasteiger partial charge is 0.336 e. The summed E-state index contributed by atoms with van der Waals surface area (Å²) in [5.74, 6) is 1.01. The molecule has 1 fully saturated rings. The molecule has 2 aromatic heterocycles. The number of rotatable bonds is 3. The van der Waals surface area contributed by atoms with E-state index in [1.807, 2.05) is 39.9 Å². The van der Waals surface area contributed by atoms with E-state index in [2.05, 4.69) is 15.3 Å². The molecule has 0 radical (unpaired) electrons. The molecule has 2 aliphatic heterocycles. The van der Waals surface area contributed by atoms with Crippen molar-refractivity contribution in [3.05, 3.63) is 53.9 Å². The van der Waals surface area contributed by atoms with Gasteiger partial charge in [-0.2, -0.15) is 0 Å². The van der Waals surface area contributed by atoms with E-state index in [-0.39, 0.29) is 11.9 Å². The van der Waals surface area contributed by atoms with E-state index in [1.165, 1.54) is 12.8 Å². The van der Waals surface area contributed by atoms with Gasteiger partial charge in [0.05, 0.1) is 29.1 Å². The van der Waals surface area contributed by atoms with Crippen LogP contribution >= 0.6 is 0 Å². The van der Waals surface area contributed by atoms with E-state index in [0.29, 0.717) is 19.6 Å². The van der Waals surface area contributed by atoms with Crippen LogP contribution < -0.4 is 5.32 Å². The second-order valence-electron chi connectivity index (χ2n) is 7.63. The van der Waals surface area contributed by atoms with Crippen molar-refractivity contribution in [1.29, 1.82) is 0 Å². The lowest BCUT2D eigenvalue weighted by Crippen LogP contribution is -2.38. The molecule has 0 spiro atoms. The number of nitrogens with one attached hydrogen (secondary N) is 1. The minimum absolute atomic E-state index is 0.104. The van der Waals surface area contributed by atoms with Crippen LogP contribution in [0.4, 0.5) is 0 Å². The number of fused-ring (bicyclic) bond motifs is 2. The van der Waals surface area contributed by atoms with Crippen LogP contribution in [-0.2, 0) is 24.3 Å². The summed E-state index contributed by atoms with van der Waals surface area (Å²) in [6, 6.07) is 8.16. The van der Waals surface area contributed by atoms with E-state index < -0.39 is 0 Å². The van der Waals surface area contributed by atoms with Crippen LogP contribution in [0.1, 0.15) is 42.4 Å². The fourth-order valence-corrected chi connectivity index (χ4v) is 4.17. The lowest BCUT2D eigenvalue weighted by atomic mass is 10.0. The van der Waals surface area contributed by atoms with Gasteiger partial charge in [0.25, 0.3) is 0 Å². The SMILES string of the molecule is O=C(Cn1cnc2ccccc21)N1CCc2nc(C3CCCCN3)ncc2C1. The number of hydrogen-bond donors (Lipinski definition) is 1. The minimum Gasteiger partial charge on any atom is -0.336 e. The number of carbonyl (C=O) groups is 1. The van der Waals surface area contributed by atoms with Gasteiger partial charge >= 0.3 is 0 Å². The summed E-state index contributed by atoms with van der Waals surface area (Å²) >= 11 is 0. The Morgan fingerprint density at radius 2 is 2.14 bits per heavy atom. The molecule has 1 unspecified atom stereocenters. The predicted molar refractivity (Wildman–Crippen MR) is 105 cm³/mol. The van der Waals surface area contributed by atoms with Crippen LogP contribution in [0.15, 0.2) is 36.8 Å². The first-order valence-electron chi connectivity index (χ1n) is 10.0. The van der Waals surface area contributed by atoms with E-state index in [1.54, 1.807) is 6.33 Å². The number of benzene rings is 1. The van der Waals surface area contributed by atoms with Crippen molar-refractivity contribution in [1.82, 2.24) is 29.7 Å². The molecule has 144 valence electrons. The number of para-hydroxylation sites is 2. The highest BCUT2D eigenvalue weighted by Crippen LogP contribution is 2.23. The Morgan fingerprint density at radius 1 is 1.21 bits per heavy atom. The fourth-order valence-electron chi connectivity index (χ4n) is 4.17. The number of hydrogen-bond acceptors (Lipinski definition) is 5. The van der Waals surface area contributed by atoms with E-state index >= 15 is 0 Å². The van der Waals surface area contributed by atoms with Crippen molar-refractivity contribution in [2.45, 2.75) is 44.8 Å². The lowest BCUT2D eigenvalue weighted by Gasteiger charge is -2.29.